The molecule has 0 atom stereocenters. The van der Waals surface area contributed by atoms with E-state index in [1.165, 1.54) is 0 Å². The lowest BCUT2D eigenvalue weighted by atomic mass is 9.92. The average molecular weight is 555 g/mol. The van der Waals surface area contributed by atoms with Crippen molar-refractivity contribution in [2.75, 3.05) is 51.3 Å². The molecule has 0 saturated carbocycles. The summed E-state index contributed by atoms with van der Waals surface area (Å²) in [7, 11) is 0. The van der Waals surface area contributed by atoms with Gasteiger partial charge in [0.2, 0.25) is 0 Å². The van der Waals surface area contributed by atoms with Crippen LogP contribution in [0.3, 0.4) is 0 Å². The molecule has 0 unspecified atom stereocenters. The second-order valence-corrected chi connectivity index (χ2v) is 11.1. The molecular formula is C32H38N6O3. The van der Waals surface area contributed by atoms with Gasteiger partial charge in [0.05, 0.1) is 37.4 Å². The highest BCUT2D eigenvalue weighted by Gasteiger charge is 2.21. The van der Waals surface area contributed by atoms with Crippen LogP contribution in [0.5, 0.6) is 5.75 Å². The molecule has 0 spiro atoms. The van der Waals surface area contributed by atoms with E-state index in [2.05, 4.69) is 41.5 Å². The Balaban J connectivity index is 1.21. The first kappa shape index (κ1) is 28.3. The van der Waals surface area contributed by atoms with Gasteiger partial charge in [0.1, 0.15) is 18.2 Å². The molecule has 1 aromatic heterocycles. The Morgan fingerprint density at radius 1 is 1.02 bits per heavy atom. The van der Waals surface area contributed by atoms with E-state index in [0.29, 0.717) is 6.61 Å². The minimum atomic E-state index is -0.258. The van der Waals surface area contributed by atoms with Gasteiger partial charge in [0, 0.05) is 42.1 Å². The average Bonchev–Trinajstić information content (AvgIpc) is 3.43. The first-order valence-electron chi connectivity index (χ1n) is 14.0. The molecule has 2 heterocycles. The van der Waals surface area contributed by atoms with Crippen LogP contribution in [-0.2, 0) is 14.9 Å². The Bertz CT molecular complexity index is 1490. The van der Waals surface area contributed by atoms with Gasteiger partial charge >= 0.3 is 0 Å². The number of ether oxygens (including phenoxy) is 2. The van der Waals surface area contributed by atoms with Crippen LogP contribution < -0.4 is 15.5 Å². The van der Waals surface area contributed by atoms with Crippen LogP contribution in [0.15, 0.2) is 77.9 Å². The lowest BCUT2D eigenvalue weighted by Crippen LogP contribution is -2.38. The van der Waals surface area contributed by atoms with E-state index in [1.54, 1.807) is 6.21 Å². The summed E-state index contributed by atoms with van der Waals surface area (Å²) < 4.78 is 13.4. The second kappa shape index (κ2) is 13.0. The summed E-state index contributed by atoms with van der Waals surface area (Å²) in [5.74, 6) is 1.33. The van der Waals surface area contributed by atoms with E-state index in [0.717, 1.165) is 72.1 Å². The van der Waals surface area contributed by atoms with E-state index in [4.69, 9.17) is 14.6 Å². The monoisotopic (exact) mass is 554 g/mol. The third-order valence-electron chi connectivity index (χ3n) is 6.99. The van der Waals surface area contributed by atoms with E-state index < -0.39 is 0 Å². The van der Waals surface area contributed by atoms with Crippen molar-refractivity contribution in [1.29, 1.82) is 0 Å². The Morgan fingerprint density at radius 3 is 2.51 bits per heavy atom. The first-order valence-corrected chi connectivity index (χ1v) is 14.0. The van der Waals surface area contributed by atoms with E-state index >= 15 is 0 Å². The molecule has 1 saturated heterocycles. The van der Waals surface area contributed by atoms with Crippen LogP contribution >= 0.6 is 0 Å². The van der Waals surface area contributed by atoms with Crippen LogP contribution in [0.2, 0.25) is 0 Å². The highest BCUT2D eigenvalue weighted by Crippen LogP contribution is 2.28. The van der Waals surface area contributed by atoms with Gasteiger partial charge in [0.15, 0.2) is 0 Å². The number of para-hydroxylation sites is 1. The summed E-state index contributed by atoms with van der Waals surface area (Å²) in [4.78, 5) is 15.0. The third kappa shape index (κ3) is 7.31. The normalized spacial score (nSPS) is 14.4. The van der Waals surface area contributed by atoms with Crippen molar-refractivity contribution in [3.05, 3.63) is 84.1 Å². The highest BCUT2D eigenvalue weighted by atomic mass is 16.5. The van der Waals surface area contributed by atoms with Gasteiger partial charge in [0.25, 0.3) is 5.91 Å². The van der Waals surface area contributed by atoms with Crippen molar-refractivity contribution in [2.24, 2.45) is 5.10 Å². The summed E-state index contributed by atoms with van der Waals surface area (Å²) in [6.07, 6.45) is 1.67. The fourth-order valence-corrected chi connectivity index (χ4v) is 4.67. The van der Waals surface area contributed by atoms with Crippen LogP contribution in [-0.4, -0.2) is 72.8 Å². The number of anilines is 1. The number of rotatable bonds is 10. The van der Waals surface area contributed by atoms with Crippen molar-refractivity contribution < 1.29 is 14.3 Å². The number of carbonyl (C=O) groups is 1. The topological polar surface area (TPSA) is 93.0 Å². The van der Waals surface area contributed by atoms with Gasteiger partial charge in [-0.25, -0.2) is 10.1 Å². The molecule has 1 aliphatic heterocycles. The predicted octanol–water partition coefficient (Wildman–Crippen LogP) is 4.60. The van der Waals surface area contributed by atoms with Crippen LogP contribution in [0, 0.1) is 0 Å². The Labute approximate surface area is 241 Å². The molecule has 3 aromatic carbocycles. The number of carbonyl (C=O) groups excluding carboxylic acids is 1. The minimum Gasteiger partial charge on any atom is -0.492 e. The van der Waals surface area contributed by atoms with Gasteiger partial charge < -0.3 is 14.8 Å². The van der Waals surface area contributed by atoms with Gasteiger partial charge in [-0.1, -0.05) is 63.2 Å². The van der Waals surface area contributed by atoms with Crippen molar-refractivity contribution in [3.63, 3.8) is 0 Å². The number of nitrogens with one attached hydrogen (secondary N) is 2. The van der Waals surface area contributed by atoms with E-state index in [9.17, 15) is 4.79 Å². The molecule has 214 valence electrons. The number of hydrazone groups is 1. The number of morpholine rings is 1. The van der Waals surface area contributed by atoms with Gasteiger partial charge in [-0.15, -0.1) is 0 Å². The number of nitrogens with zero attached hydrogens (tertiary/aromatic N) is 4. The third-order valence-corrected chi connectivity index (χ3v) is 6.99. The molecule has 1 fully saturated rings. The minimum absolute atomic E-state index is 0.0517. The van der Waals surface area contributed by atoms with E-state index in [1.807, 2.05) is 77.5 Å². The van der Waals surface area contributed by atoms with Crippen LogP contribution in [0.25, 0.3) is 16.5 Å². The fraction of sp³-hybridized carbons (Fsp3) is 0.344. The highest BCUT2D eigenvalue weighted by molar-refractivity contribution is 6.02. The zero-order valence-electron chi connectivity index (χ0n) is 24.0. The molecule has 1 aliphatic rings. The molecule has 2 N–H and O–H groups in total. The maximum atomic E-state index is 12.7. The molecule has 0 aliphatic carbocycles. The summed E-state index contributed by atoms with van der Waals surface area (Å²) in [6, 6.07) is 23.8. The molecule has 0 radical (unpaired) electrons. The van der Waals surface area contributed by atoms with Crippen molar-refractivity contribution in [3.8, 4) is 11.4 Å². The Hall–Kier alpha value is -4.21. The Morgan fingerprint density at radius 2 is 1.76 bits per heavy atom. The SMILES string of the molecule is CC(C)(C)c1cc(NCC(=O)NN=Cc2ccc(OCCN3CCOCC3)c3ccccc23)n(-c2ccccc2)n1. The van der Waals surface area contributed by atoms with Gasteiger partial charge in [-0.2, -0.15) is 10.2 Å². The van der Waals surface area contributed by atoms with Crippen molar-refractivity contribution in [2.45, 2.75) is 26.2 Å². The lowest BCUT2D eigenvalue weighted by Gasteiger charge is -2.26. The standard InChI is InChI=1S/C32H38N6O3/c1-32(2,3)29-21-30(38(36-29)25-9-5-4-6-10-25)33-23-31(39)35-34-22-24-13-14-28(27-12-8-7-11-26(24)27)41-20-17-37-15-18-40-19-16-37/h4-14,21-22,33H,15-20,23H2,1-3H3,(H,35,39). The molecule has 41 heavy (non-hydrogen) atoms. The number of amides is 1. The Kier molecular flexibility index (Phi) is 8.96. The van der Waals surface area contributed by atoms with Crippen molar-refractivity contribution in [1.82, 2.24) is 20.1 Å². The summed E-state index contributed by atoms with van der Waals surface area (Å²) in [5.41, 5.74) is 5.26. The number of hydrogen-bond donors (Lipinski definition) is 2. The number of aromatic nitrogens is 2. The smallest absolute Gasteiger partial charge is 0.259 e. The van der Waals surface area contributed by atoms with Crippen molar-refractivity contribution >= 4 is 28.7 Å². The lowest BCUT2D eigenvalue weighted by molar-refractivity contribution is -0.119. The van der Waals surface area contributed by atoms with Gasteiger partial charge in [-0.3, -0.25) is 9.69 Å². The maximum Gasteiger partial charge on any atom is 0.259 e. The number of fused-ring (bicyclic) bond motifs is 1. The number of benzene rings is 3. The maximum absolute atomic E-state index is 12.7. The summed E-state index contributed by atoms with van der Waals surface area (Å²) in [6.45, 7) is 11.3. The molecular weight excluding hydrogens is 516 g/mol. The van der Waals surface area contributed by atoms with E-state index in [-0.39, 0.29) is 17.9 Å². The molecule has 5 rings (SSSR count). The summed E-state index contributed by atoms with van der Waals surface area (Å²) in [5, 5.41) is 14.3. The molecule has 1 amide bonds. The van der Waals surface area contributed by atoms with Crippen LogP contribution in [0.4, 0.5) is 5.82 Å². The summed E-state index contributed by atoms with van der Waals surface area (Å²) >= 11 is 0. The first-order chi connectivity index (χ1) is 19.9. The molecule has 4 aromatic rings. The van der Waals surface area contributed by atoms with Crippen LogP contribution in [0.1, 0.15) is 32.0 Å². The number of hydrogen-bond acceptors (Lipinski definition) is 7. The van der Waals surface area contributed by atoms with Gasteiger partial charge in [-0.05, 0) is 29.7 Å². The zero-order chi connectivity index (χ0) is 28.7. The fourth-order valence-electron chi connectivity index (χ4n) is 4.67. The molecule has 0 bridgehead atoms. The largest absolute Gasteiger partial charge is 0.492 e. The zero-order valence-corrected chi connectivity index (χ0v) is 24.0. The molecule has 9 heteroatoms. The second-order valence-electron chi connectivity index (χ2n) is 11.1. The quantitative estimate of drug-likeness (QED) is 0.220. The predicted molar refractivity (Wildman–Crippen MR) is 163 cm³/mol. The molecule has 9 nitrogen and oxygen atoms in total.